The minimum absolute atomic E-state index is 0.335. The Kier molecular flexibility index (Phi) is 7.81. The van der Waals surface area contributed by atoms with Gasteiger partial charge in [-0.05, 0) is 32.2 Å². The normalized spacial score (nSPS) is 25.9. The molecule has 1 saturated carbocycles. The number of nitrogens with one attached hydrogen (secondary N) is 1. The van der Waals surface area contributed by atoms with Gasteiger partial charge in [0.05, 0.1) is 6.10 Å². The van der Waals surface area contributed by atoms with Gasteiger partial charge in [0.2, 0.25) is 0 Å². The van der Waals surface area contributed by atoms with Crippen molar-refractivity contribution in [1.82, 2.24) is 5.32 Å². The second kappa shape index (κ2) is 8.97. The number of hydrogen-bond acceptors (Lipinski definition) is 3. The third-order valence-corrected chi connectivity index (χ3v) is 3.50. The van der Waals surface area contributed by atoms with Gasteiger partial charge in [-0.15, -0.1) is 0 Å². The van der Waals surface area contributed by atoms with Crippen molar-refractivity contribution in [3.8, 4) is 0 Å². The monoisotopic (exact) mass is 229 g/mol. The average molecular weight is 229 g/mol. The Labute approximate surface area is 99.6 Å². The van der Waals surface area contributed by atoms with E-state index in [0.717, 1.165) is 19.4 Å². The van der Waals surface area contributed by atoms with Gasteiger partial charge < -0.3 is 15.2 Å². The van der Waals surface area contributed by atoms with Crippen LogP contribution in [0.5, 0.6) is 0 Å². The van der Waals surface area contributed by atoms with Crippen LogP contribution in [0.25, 0.3) is 0 Å². The van der Waals surface area contributed by atoms with Crippen molar-refractivity contribution in [3.05, 3.63) is 0 Å². The third kappa shape index (κ3) is 5.28. The van der Waals surface area contributed by atoms with Crippen molar-refractivity contribution in [2.75, 3.05) is 20.3 Å². The fourth-order valence-corrected chi connectivity index (χ4v) is 2.49. The summed E-state index contributed by atoms with van der Waals surface area (Å²) in [5.41, 5.74) is 0. The molecule has 0 aromatic rings. The van der Waals surface area contributed by atoms with E-state index in [4.69, 9.17) is 9.84 Å². The SMILES string of the molecule is COC1CCCCC1NCCCCCCO. The van der Waals surface area contributed by atoms with Gasteiger partial charge in [0, 0.05) is 19.8 Å². The van der Waals surface area contributed by atoms with Crippen molar-refractivity contribution in [3.63, 3.8) is 0 Å². The topological polar surface area (TPSA) is 41.5 Å². The summed E-state index contributed by atoms with van der Waals surface area (Å²) in [4.78, 5) is 0. The van der Waals surface area contributed by atoms with E-state index >= 15 is 0 Å². The molecule has 1 aliphatic carbocycles. The van der Waals surface area contributed by atoms with E-state index in [1.54, 1.807) is 0 Å². The summed E-state index contributed by atoms with van der Waals surface area (Å²) < 4.78 is 5.50. The van der Waals surface area contributed by atoms with E-state index in [-0.39, 0.29) is 0 Å². The number of ether oxygens (including phenoxy) is 1. The molecule has 3 nitrogen and oxygen atoms in total. The zero-order chi connectivity index (χ0) is 11.6. The molecule has 16 heavy (non-hydrogen) atoms. The molecule has 0 saturated heterocycles. The van der Waals surface area contributed by atoms with Crippen molar-refractivity contribution in [2.45, 2.75) is 63.5 Å². The average Bonchev–Trinajstić information content (AvgIpc) is 2.34. The number of rotatable bonds is 8. The molecule has 1 fully saturated rings. The summed E-state index contributed by atoms with van der Waals surface area (Å²) >= 11 is 0. The number of hydrogen-bond donors (Lipinski definition) is 2. The second-order valence-corrected chi connectivity index (χ2v) is 4.76. The van der Waals surface area contributed by atoms with E-state index in [1.165, 1.54) is 38.5 Å². The van der Waals surface area contributed by atoms with E-state index in [9.17, 15) is 0 Å². The number of methoxy groups -OCH3 is 1. The predicted molar refractivity (Wildman–Crippen MR) is 66.6 cm³/mol. The smallest absolute Gasteiger partial charge is 0.0724 e. The van der Waals surface area contributed by atoms with E-state index in [1.807, 2.05) is 7.11 Å². The van der Waals surface area contributed by atoms with Crippen molar-refractivity contribution in [1.29, 1.82) is 0 Å². The molecule has 0 aromatic carbocycles. The summed E-state index contributed by atoms with van der Waals surface area (Å²) in [6.45, 7) is 1.43. The molecule has 2 unspecified atom stereocenters. The minimum atomic E-state index is 0.335. The molecular formula is C13H27NO2. The maximum atomic E-state index is 8.66. The Balaban J connectivity index is 2.02. The van der Waals surface area contributed by atoms with Crippen LogP contribution in [0.1, 0.15) is 51.4 Å². The zero-order valence-corrected chi connectivity index (χ0v) is 10.6. The van der Waals surface area contributed by atoms with Crippen LogP contribution in [0, 0.1) is 0 Å². The molecule has 2 N–H and O–H groups in total. The Hall–Kier alpha value is -0.120. The summed E-state index contributed by atoms with van der Waals surface area (Å²) in [6, 6.07) is 0.566. The van der Waals surface area contributed by atoms with E-state index in [2.05, 4.69) is 5.32 Å². The molecule has 0 radical (unpaired) electrons. The predicted octanol–water partition coefficient (Wildman–Crippen LogP) is 2.09. The van der Waals surface area contributed by atoms with Crippen LogP contribution in [-0.4, -0.2) is 37.5 Å². The molecule has 1 aliphatic rings. The lowest BCUT2D eigenvalue weighted by Crippen LogP contribution is -2.43. The maximum absolute atomic E-state index is 8.66. The van der Waals surface area contributed by atoms with Crippen LogP contribution in [0.3, 0.4) is 0 Å². The van der Waals surface area contributed by atoms with Crippen LogP contribution < -0.4 is 5.32 Å². The molecule has 0 heterocycles. The van der Waals surface area contributed by atoms with Gasteiger partial charge in [0.15, 0.2) is 0 Å². The summed E-state index contributed by atoms with van der Waals surface area (Å²) in [6.07, 6.45) is 10.1. The highest BCUT2D eigenvalue weighted by Crippen LogP contribution is 2.20. The highest BCUT2D eigenvalue weighted by atomic mass is 16.5. The second-order valence-electron chi connectivity index (χ2n) is 4.76. The first kappa shape index (κ1) is 13.9. The van der Waals surface area contributed by atoms with Crippen molar-refractivity contribution >= 4 is 0 Å². The molecule has 0 amide bonds. The van der Waals surface area contributed by atoms with Crippen LogP contribution in [0.2, 0.25) is 0 Å². The van der Waals surface area contributed by atoms with Crippen molar-refractivity contribution in [2.24, 2.45) is 0 Å². The van der Waals surface area contributed by atoms with Gasteiger partial charge in [-0.1, -0.05) is 25.7 Å². The van der Waals surface area contributed by atoms with Gasteiger partial charge >= 0.3 is 0 Å². The third-order valence-electron chi connectivity index (χ3n) is 3.50. The van der Waals surface area contributed by atoms with Gasteiger partial charge in [-0.3, -0.25) is 0 Å². The van der Waals surface area contributed by atoms with Gasteiger partial charge in [0.25, 0.3) is 0 Å². The van der Waals surface area contributed by atoms with Crippen LogP contribution in [0.4, 0.5) is 0 Å². The fraction of sp³-hybridized carbons (Fsp3) is 1.00. The molecule has 1 rings (SSSR count). The molecule has 3 heteroatoms. The lowest BCUT2D eigenvalue weighted by atomic mass is 9.92. The van der Waals surface area contributed by atoms with Gasteiger partial charge in [-0.25, -0.2) is 0 Å². The number of unbranched alkanes of at least 4 members (excludes halogenated alkanes) is 3. The summed E-state index contributed by atoms with van der Waals surface area (Å²) in [7, 11) is 1.83. The largest absolute Gasteiger partial charge is 0.396 e. The Bertz CT molecular complexity index is 164. The maximum Gasteiger partial charge on any atom is 0.0724 e. The quantitative estimate of drug-likeness (QED) is 0.626. The molecule has 2 atom stereocenters. The van der Waals surface area contributed by atoms with E-state index < -0.39 is 0 Å². The molecule has 96 valence electrons. The van der Waals surface area contributed by atoms with E-state index in [0.29, 0.717) is 18.8 Å². The Morgan fingerprint density at radius 3 is 2.62 bits per heavy atom. The summed E-state index contributed by atoms with van der Waals surface area (Å²) in [5.74, 6) is 0. The molecule has 0 aliphatic heterocycles. The molecule has 0 bridgehead atoms. The standard InChI is InChI=1S/C13H27NO2/c1-16-13-9-5-4-8-12(13)14-10-6-2-3-7-11-15/h12-15H,2-11H2,1H3. The molecule has 0 spiro atoms. The number of aliphatic hydroxyl groups is 1. The fourth-order valence-electron chi connectivity index (χ4n) is 2.49. The van der Waals surface area contributed by atoms with Gasteiger partial charge in [-0.2, -0.15) is 0 Å². The summed E-state index contributed by atoms with van der Waals surface area (Å²) in [5, 5.41) is 12.3. The molecule has 0 aromatic heterocycles. The number of aliphatic hydroxyl groups excluding tert-OH is 1. The van der Waals surface area contributed by atoms with Crippen molar-refractivity contribution < 1.29 is 9.84 Å². The highest BCUT2D eigenvalue weighted by molar-refractivity contribution is 4.81. The Morgan fingerprint density at radius 1 is 1.12 bits per heavy atom. The lowest BCUT2D eigenvalue weighted by Gasteiger charge is -2.31. The van der Waals surface area contributed by atoms with Crippen LogP contribution in [0.15, 0.2) is 0 Å². The lowest BCUT2D eigenvalue weighted by molar-refractivity contribution is 0.0418. The van der Waals surface area contributed by atoms with Crippen LogP contribution >= 0.6 is 0 Å². The zero-order valence-electron chi connectivity index (χ0n) is 10.6. The first-order chi connectivity index (χ1) is 7.88. The van der Waals surface area contributed by atoms with Crippen LogP contribution in [-0.2, 0) is 4.74 Å². The minimum Gasteiger partial charge on any atom is -0.396 e. The first-order valence-corrected chi connectivity index (χ1v) is 6.75. The Morgan fingerprint density at radius 2 is 1.88 bits per heavy atom. The molecular weight excluding hydrogens is 202 g/mol. The van der Waals surface area contributed by atoms with Gasteiger partial charge in [0.1, 0.15) is 0 Å². The highest BCUT2D eigenvalue weighted by Gasteiger charge is 2.23. The first-order valence-electron chi connectivity index (χ1n) is 6.75.